The summed E-state index contributed by atoms with van der Waals surface area (Å²) < 4.78 is 21.2. The van der Waals surface area contributed by atoms with E-state index in [-0.39, 0.29) is 29.0 Å². The smallest absolute Gasteiger partial charge is 0.427 e. The number of rotatable bonds is 3. The Morgan fingerprint density at radius 1 is 1.07 bits per heavy atom. The Bertz CT molecular complexity index is 938. The summed E-state index contributed by atoms with van der Waals surface area (Å²) >= 11 is 0. The summed E-state index contributed by atoms with van der Waals surface area (Å²) in [6, 6.07) is 1.19. The highest BCUT2D eigenvalue weighted by Crippen LogP contribution is 2.35. The van der Waals surface area contributed by atoms with Crippen molar-refractivity contribution in [2.24, 2.45) is 0 Å². The van der Waals surface area contributed by atoms with Gasteiger partial charge in [0, 0.05) is 6.07 Å². The molecule has 0 unspecified atom stereocenters. The van der Waals surface area contributed by atoms with E-state index in [1.807, 2.05) is 0 Å². The lowest BCUT2D eigenvalue weighted by Crippen LogP contribution is -2.44. The van der Waals surface area contributed by atoms with E-state index in [0.717, 1.165) is 6.20 Å². The minimum Gasteiger partial charge on any atom is -0.506 e. The van der Waals surface area contributed by atoms with E-state index in [1.54, 1.807) is 48.5 Å². The molecule has 30 heavy (non-hydrogen) atoms. The maximum absolute atomic E-state index is 12.9. The molecule has 2 aromatic rings. The summed E-state index contributed by atoms with van der Waals surface area (Å²) in [7, 11) is 0. The Balaban J connectivity index is 2.72. The summed E-state index contributed by atoms with van der Waals surface area (Å²) in [6.07, 6.45) is -1.15. The number of pyridine rings is 1. The van der Waals surface area contributed by atoms with Gasteiger partial charge in [-0.25, -0.2) is 19.4 Å². The summed E-state index contributed by atoms with van der Waals surface area (Å²) in [4.78, 5) is 42.9. The van der Waals surface area contributed by atoms with Crippen LogP contribution in [0.5, 0.6) is 5.75 Å². The monoisotopic (exact) mass is 422 g/mol. The predicted octanol–water partition coefficient (Wildman–Crippen LogP) is 4.39. The van der Waals surface area contributed by atoms with Crippen molar-refractivity contribution >= 4 is 35.1 Å². The Morgan fingerprint density at radius 2 is 1.60 bits per heavy atom. The summed E-state index contributed by atoms with van der Waals surface area (Å²) in [6.45, 7) is 11.3. The molecular weight excluding hydrogens is 396 g/mol. The van der Waals surface area contributed by atoms with E-state index in [2.05, 4.69) is 4.98 Å². The van der Waals surface area contributed by atoms with Gasteiger partial charge in [0.15, 0.2) is 11.1 Å². The topological polar surface area (TPSA) is 128 Å². The van der Waals surface area contributed by atoms with Crippen molar-refractivity contribution in [3.05, 3.63) is 17.8 Å². The van der Waals surface area contributed by atoms with Crippen LogP contribution in [0.2, 0.25) is 0 Å². The van der Waals surface area contributed by atoms with Crippen LogP contribution in [0.4, 0.5) is 15.5 Å². The molecule has 0 aliphatic heterocycles. The zero-order valence-electron chi connectivity index (χ0n) is 18.1. The van der Waals surface area contributed by atoms with E-state index in [1.165, 1.54) is 6.07 Å². The molecule has 2 heterocycles. The van der Waals surface area contributed by atoms with E-state index >= 15 is 0 Å². The van der Waals surface area contributed by atoms with Crippen molar-refractivity contribution in [2.75, 3.05) is 11.5 Å². The quantitative estimate of drug-likeness (QED) is 0.565. The van der Waals surface area contributed by atoms with Gasteiger partial charge in [-0.15, -0.1) is 4.90 Å². The third kappa shape index (κ3) is 5.40. The minimum atomic E-state index is -1.12. The molecule has 0 aliphatic carbocycles. The second kappa shape index (κ2) is 8.21. The van der Waals surface area contributed by atoms with Crippen LogP contribution in [0.15, 0.2) is 16.7 Å². The standard InChI is InChI=1S/C20H26N2O8/c1-8-27-16(24)13-14-12(9-11(23)10-21-14)28-15(13)22(17(25)29-19(2,3)4)18(26)30-20(5,6)7/h9-10,23H,8H2,1-7H3. The molecule has 0 bridgehead atoms. The number of imide groups is 1. The number of hydrogen-bond acceptors (Lipinski definition) is 9. The molecule has 164 valence electrons. The van der Waals surface area contributed by atoms with Crippen LogP contribution in [-0.4, -0.2) is 46.1 Å². The highest BCUT2D eigenvalue weighted by Gasteiger charge is 2.39. The van der Waals surface area contributed by atoms with Crippen LogP contribution in [-0.2, 0) is 14.2 Å². The summed E-state index contributed by atoms with van der Waals surface area (Å²) in [5.41, 5.74) is -2.22. The lowest BCUT2D eigenvalue weighted by Gasteiger charge is -2.27. The highest BCUT2D eigenvalue weighted by atomic mass is 16.6. The number of carbonyl (C=O) groups excluding carboxylic acids is 3. The van der Waals surface area contributed by atoms with Crippen LogP contribution >= 0.6 is 0 Å². The number of carbonyl (C=O) groups is 3. The van der Waals surface area contributed by atoms with Gasteiger partial charge in [-0.2, -0.15) is 0 Å². The molecule has 1 N–H and O–H groups in total. The lowest BCUT2D eigenvalue weighted by molar-refractivity contribution is 0.0422. The van der Waals surface area contributed by atoms with E-state index in [0.29, 0.717) is 4.90 Å². The maximum atomic E-state index is 12.9. The predicted molar refractivity (Wildman–Crippen MR) is 107 cm³/mol. The molecule has 0 radical (unpaired) electrons. The van der Waals surface area contributed by atoms with Crippen molar-refractivity contribution in [1.29, 1.82) is 0 Å². The van der Waals surface area contributed by atoms with Gasteiger partial charge in [0.1, 0.15) is 22.5 Å². The van der Waals surface area contributed by atoms with Gasteiger partial charge in [0.05, 0.1) is 12.8 Å². The number of nitrogens with zero attached hydrogens (tertiary/aromatic N) is 2. The normalized spacial score (nSPS) is 11.8. The number of aromatic hydroxyl groups is 1. The first-order valence-corrected chi connectivity index (χ1v) is 9.28. The molecule has 10 nitrogen and oxygen atoms in total. The molecule has 0 saturated heterocycles. The Labute approximate surface area is 173 Å². The second-order valence-corrected chi connectivity index (χ2v) is 8.34. The lowest BCUT2D eigenvalue weighted by atomic mass is 10.2. The first-order chi connectivity index (χ1) is 13.7. The molecule has 0 saturated carbocycles. The molecule has 2 aromatic heterocycles. The molecule has 0 aliphatic rings. The fraction of sp³-hybridized carbons (Fsp3) is 0.500. The van der Waals surface area contributed by atoms with Crippen molar-refractivity contribution in [2.45, 2.75) is 59.7 Å². The van der Waals surface area contributed by atoms with Crippen molar-refractivity contribution in [1.82, 2.24) is 4.98 Å². The van der Waals surface area contributed by atoms with Gasteiger partial charge >= 0.3 is 18.2 Å². The fourth-order valence-corrected chi connectivity index (χ4v) is 2.36. The largest absolute Gasteiger partial charge is 0.506 e. The third-order valence-electron chi connectivity index (χ3n) is 3.33. The number of amides is 2. The SMILES string of the molecule is CCOC(=O)c1c(N(C(=O)OC(C)(C)C)C(=O)OC(C)(C)C)oc2cc(O)cnc12. The molecular formula is C20H26N2O8. The number of aromatic nitrogens is 1. The Morgan fingerprint density at radius 3 is 2.07 bits per heavy atom. The van der Waals surface area contributed by atoms with Crippen LogP contribution in [0.3, 0.4) is 0 Å². The van der Waals surface area contributed by atoms with Gasteiger partial charge in [0.2, 0.25) is 5.88 Å². The van der Waals surface area contributed by atoms with Gasteiger partial charge in [-0.3, -0.25) is 0 Å². The van der Waals surface area contributed by atoms with Gasteiger partial charge in [-0.05, 0) is 48.5 Å². The highest BCUT2D eigenvalue weighted by molar-refractivity contribution is 6.16. The van der Waals surface area contributed by atoms with Crippen LogP contribution in [0.25, 0.3) is 11.1 Å². The van der Waals surface area contributed by atoms with Gasteiger partial charge in [0.25, 0.3) is 0 Å². The molecule has 0 aromatic carbocycles. The first-order valence-electron chi connectivity index (χ1n) is 9.28. The van der Waals surface area contributed by atoms with E-state index in [9.17, 15) is 19.5 Å². The molecule has 0 atom stereocenters. The van der Waals surface area contributed by atoms with Crippen LogP contribution < -0.4 is 4.90 Å². The molecule has 0 fully saturated rings. The van der Waals surface area contributed by atoms with E-state index < -0.39 is 35.2 Å². The zero-order valence-corrected chi connectivity index (χ0v) is 18.1. The third-order valence-corrected chi connectivity index (χ3v) is 3.33. The fourth-order valence-electron chi connectivity index (χ4n) is 2.36. The maximum Gasteiger partial charge on any atom is 0.427 e. The number of anilines is 1. The van der Waals surface area contributed by atoms with Crippen LogP contribution in [0, 0.1) is 0 Å². The minimum absolute atomic E-state index is 0.00151. The van der Waals surface area contributed by atoms with Gasteiger partial charge in [-0.1, -0.05) is 0 Å². The van der Waals surface area contributed by atoms with Gasteiger partial charge < -0.3 is 23.7 Å². The number of hydrogen-bond donors (Lipinski definition) is 1. The molecule has 2 amide bonds. The average Bonchev–Trinajstić information content (AvgIpc) is 2.89. The van der Waals surface area contributed by atoms with Crippen molar-refractivity contribution in [3.8, 4) is 5.75 Å². The number of esters is 1. The van der Waals surface area contributed by atoms with Crippen LogP contribution in [0.1, 0.15) is 58.8 Å². The Kier molecular flexibility index (Phi) is 6.29. The zero-order chi connectivity index (χ0) is 22.9. The number of fused-ring (bicyclic) bond motifs is 1. The average molecular weight is 422 g/mol. The molecule has 2 rings (SSSR count). The van der Waals surface area contributed by atoms with Crippen molar-refractivity contribution in [3.63, 3.8) is 0 Å². The first kappa shape index (κ1) is 23.0. The summed E-state index contributed by atoms with van der Waals surface area (Å²) in [5, 5.41) is 9.70. The molecule has 10 heteroatoms. The number of furan rings is 1. The van der Waals surface area contributed by atoms with E-state index in [4.69, 9.17) is 18.6 Å². The second-order valence-electron chi connectivity index (χ2n) is 8.34. The van der Waals surface area contributed by atoms with Crippen molar-refractivity contribution < 1.29 is 38.1 Å². The Hall–Kier alpha value is -3.30. The summed E-state index contributed by atoms with van der Waals surface area (Å²) in [5.74, 6) is -1.59. The molecule has 0 spiro atoms. The number of ether oxygens (including phenoxy) is 3.